The second-order valence-corrected chi connectivity index (χ2v) is 4.81. The average Bonchev–Trinajstić information content (AvgIpc) is 2.42. The standard InChI is InChI=1S/C10H14O.C7H9N/c1-8(2)9-6-4-5-7-10(9)11-3;1-6-2-4-7(8)5-3-6/h4-8H,1-3H3;2-5H,8H2,1H3. The highest BCUT2D eigenvalue weighted by atomic mass is 16.5. The second-order valence-electron chi connectivity index (χ2n) is 4.81. The van der Waals surface area contributed by atoms with Crippen molar-refractivity contribution >= 4 is 5.69 Å². The van der Waals surface area contributed by atoms with Crippen molar-refractivity contribution in [1.82, 2.24) is 0 Å². The summed E-state index contributed by atoms with van der Waals surface area (Å²) in [5.41, 5.74) is 8.78. The first-order valence-corrected chi connectivity index (χ1v) is 6.49. The number of nitrogen functional groups attached to an aromatic ring is 1. The topological polar surface area (TPSA) is 35.2 Å². The number of rotatable bonds is 2. The lowest BCUT2D eigenvalue weighted by atomic mass is 10.0. The van der Waals surface area contributed by atoms with E-state index < -0.39 is 0 Å². The number of aryl methyl sites for hydroxylation is 1. The summed E-state index contributed by atoms with van der Waals surface area (Å²) in [6.07, 6.45) is 0. The molecule has 0 saturated carbocycles. The van der Waals surface area contributed by atoms with Gasteiger partial charge in [-0.15, -0.1) is 0 Å². The van der Waals surface area contributed by atoms with Crippen LogP contribution >= 0.6 is 0 Å². The third-order valence-corrected chi connectivity index (χ3v) is 2.84. The van der Waals surface area contributed by atoms with Crippen LogP contribution in [0.1, 0.15) is 30.9 Å². The first-order valence-electron chi connectivity index (χ1n) is 6.49. The molecule has 0 aliphatic heterocycles. The van der Waals surface area contributed by atoms with Crippen molar-refractivity contribution in [3.63, 3.8) is 0 Å². The van der Waals surface area contributed by atoms with Crippen molar-refractivity contribution in [1.29, 1.82) is 0 Å². The predicted molar refractivity (Wildman–Crippen MR) is 82.7 cm³/mol. The highest BCUT2D eigenvalue weighted by Gasteiger charge is 2.03. The minimum Gasteiger partial charge on any atom is -0.496 e. The molecule has 0 spiro atoms. The molecule has 0 atom stereocenters. The zero-order chi connectivity index (χ0) is 14.3. The quantitative estimate of drug-likeness (QED) is 0.809. The van der Waals surface area contributed by atoms with E-state index in [1.807, 2.05) is 49.4 Å². The van der Waals surface area contributed by atoms with E-state index in [1.54, 1.807) is 7.11 Å². The zero-order valence-electron chi connectivity index (χ0n) is 12.2. The lowest BCUT2D eigenvalue weighted by Crippen LogP contribution is -1.92. The molecule has 2 nitrogen and oxygen atoms in total. The molecule has 0 fully saturated rings. The maximum atomic E-state index is 5.43. The molecule has 0 heterocycles. The summed E-state index contributed by atoms with van der Waals surface area (Å²) in [7, 11) is 1.71. The fraction of sp³-hybridized carbons (Fsp3) is 0.294. The van der Waals surface area contributed by atoms with Gasteiger partial charge in [-0.1, -0.05) is 49.7 Å². The Hall–Kier alpha value is -1.96. The predicted octanol–water partition coefficient (Wildman–Crippen LogP) is 4.40. The molecule has 0 aliphatic rings. The molecule has 102 valence electrons. The molecule has 0 saturated heterocycles. The number of ether oxygens (including phenoxy) is 1. The van der Waals surface area contributed by atoms with Gasteiger partial charge in [0.1, 0.15) is 5.75 Å². The molecule has 2 aromatic carbocycles. The summed E-state index contributed by atoms with van der Waals surface area (Å²) in [5.74, 6) is 1.52. The van der Waals surface area contributed by atoms with Gasteiger partial charge in [0.05, 0.1) is 7.11 Å². The number of nitrogens with two attached hydrogens (primary N) is 1. The summed E-state index contributed by atoms with van der Waals surface area (Å²) < 4.78 is 5.21. The normalized spacial score (nSPS) is 9.74. The summed E-state index contributed by atoms with van der Waals surface area (Å²) in [4.78, 5) is 0. The van der Waals surface area contributed by atoms with E-state index in [-0.39, 0.29) is 0 Å². The van der Waals surface area contributed by atoms with Gasteiger partial charge in [0.15, 0.2) is 0 Å². The van der Waals surface area contributed by atoms with E-state index >= 15 is 0 Å². The number of para-hydroxylation sites is 1. The Morgan fingerprint density at radius 3 is 1.95 bits per heavy atom. The van der Waals surface area contributed by atoms with Gasteiger partial charge in [-0.05, 0) is 36.6 Å². The smallest absolute Gasteiger partial charge is 0.122 e. The van der Waals surface area contributed by atoms with Gasteiger partial charge in [0.25, 0.3) is 0 Å². The van der Waals surface area contributed by atoms with Crippen LogP contribution in [-0.4, -0.2) is 7.11 Å². The zero-order valence-corrected chi connectivity index (χ0v) is 12.2. The lowest BCUT2D eigenvalue weighted by Gasteiger charge is -2.10. The molecule has 0 aliphatic carbocycles. The van der Waals surface area contributed by atoms with E-state index in [9.17, 15) is 0 Å². The summed E-state index contributed by atoms with van der Waals surface area (Å²) in [6, 6.07) is 15.9. The SMILES string of the molecule is COc1ccccc1C(C)C.Cc1ccc(N)cc1. The largest absolute Gasteiger partial charge is 0.496 e. The van der Waals surface area contributed by atoms with Gasteiger partial charge in [-0.2, -0.15) is 0 Å². The number of anilines is 1. The number of benzene rings is 2. The highest BCUT2D eigenvalue weighted by Crippen LogP contribution is 2.24. The maximum Gasteiger partial charge on any atom is 0.122 e. The molecular weight excluding hydrogens is 234 g/mol. The molecule has 0 aromatic heterocycles. The number of hydrogen-bond donors (Lipinski definition) is 1. The van der Waals surface area contributed by atoms with Gasteiger partial charge < -0.3 is 10.5 Å². The van der Waals surface area contributed by atoms with Crippen molar-refractivity contribution < 1.29 is 4.74 Å². The third-order valence-electron chi connectivity index (χ3n) is 2.84. The molecule has 0 bridgehead atoms. The van der Waals surface area contributed by atoms with Crippen LogP contribution in [0.2, 0.25) is 0 Å². The number of hydrogen-bond acceptors (Lipinski definition) is 2. The number of methoxy groups -OCH3 is 1. The van der Waals surface area contributed by atoms with Gasteiger partial charge in [-0.25, -0.2) is 0 Å². The van der Waals surface area contributed by atoms with Crippen LogP contribution in [0, 0.1) is 6.92 Å². The summed E-state index contributed by atoms with van der Waals surface area (Å²) >= 11 is 0. The Labute approximate surface area is 116 Å². The van der Waals surface area contributed by atoms with Crippen LogP contribution in [0.25, 0.3) is 0 Å². The minimum absolute atomic E-state index is 0.533. The Kier molecular flexibility index (Phi) is 5.94. The monoisotopic (exact) mass is 257 g/mol. The molecule has 0 unspecified atom stereocenters. The maximum absolute atomic E-state index is 5.43. The van der Waals surface area contributed by atoms with Crippen LogP contribution in [0.4, 0.5) is 5.69 Å². The van der Waals surface area contributed by atoms with Gasteiger partial charge in [0.2, 0.25) is 0 Å². The first-order chi connectivity index (χ1) is 9.04. The fourth-order valence-corrected chi connectivity index (χ4v) is 1.71. The molecule has 19 heavy (non-hydrogen) atoms. The van der Waals surface area contributed by atoms with Crippen molar-refractivity contribution in [2.45, 2.75) is 26.7 Å². The molecule has 0 amide bonds. The Morgan fingerprint density at radius 1 is 0.947 bits per heavy atom. The Morgan fingerprint density at radius 2 is 1.53 bits per heavy atom. The van der Waals surface area contributed by atoms with Crippen molar-refractivity contribution in [2.75, 3.05) is 12.8 Å². The fourth-order valence-electron chi connectivity index (χ4n) is 1.71. The van der Waals surface area contributed by atoms with Gasteiger partial charge in [-0.3, -0.25) is 0 Å². The Bertz CT molecular complexity index is 468. The molecule has 2 rings (SSSR count). The van der Waals surface area contributed by atoms with Crippen molar-refractivity contribution in [3.8, 4) is 5.75 Å². The van der Waals surface area contributed by atoms with Crippen LogP contribution in [0.3, 0.4) is 0 Å². The molecular formula is C17H23NO. The lowest BCUT2D eigenvalue weighted by molar-refractivity contribution is 0.407. The van der Waals surface area contributed by atoms with E-state index in [1.165, 1.54) is 11.1 Å². The highest BCUT2D eigenvalue weighted by molar-refractivity contribution is 5.38. The molecule has 0 radical (unpaired) electrons. The Balaban J connectivity index is 0.000000200. The van der Waals surface area contributed by atoms with Crippen molar-refractivity contribution in [2.24, 2.45) is 0 Å². The average molecular weight is 257 g/mol. The summed E-state index contributed by atoms with van der Waals surface area (Å²) in [6.45, 7) is 6.37. The summed E-state index contributed by atoms with van der Waals surface area (Å²) in [5, 5.41) is 0. The van der Waals surface area contributed by atoms with E-state index in [4.69, 9.17) is 10.5 Å². The van der Waals surface area contributed by atoms with Crippen LogP contribution < -0.4 is 10.5 Å². The van der Waals surface area contributed by atoms with Gasteiger partial charge in [0, 0.05) is 5.69 Å². The van der Waals surface area contributed by atoms with Crippen LogP contribution in [0.5, 0.6) is 5.75 Å². The van der Waals surface area contributed by atoms with Gasteiger partial charge >= 0.3 is 0 Å². The van der Waals surface area contributed by atoms with Crippen LogP contribution in [0.15, 0.2) is 48.5 Å². The van der Waals surface area contributed by atoms with E-state index in [2.05, 4.69) is 19.9 Å². The molecule has 2 heteroatoms. The van der Waals surface area contributed by atoms with Crippen molar-refractivity contribution in [3.05, 3.63) is 59.7 Å². The van der Waals surface area contributed by atoms with E-state index in [0.29, 0.717) is 5.92 Å². The molecule has 2 aromatic rings. The minimum atomic E-state index is 0.533. The third kappa shape index (κ3) is 5.04. The van der Waals surface area contributed by atoms with E-state index in [0.717, 1.165) is 11.4 Å². The molecule has 2 N–H and O–H groups in total. The van der Waals surface area contributed by atoms with Crippen LogP contribution in [-0.2, 0) is 0 Å². The second kappa shape index (κ2) is 7.47. The first kappa shape index (κ1) is 15.1.